The standard InChI is InChI=1S/C21H23N5O4S/c1-3-24(4-2)31(29,30)16-9-10-19-15(13-16)11-12-25(19)20(27)14-26-21(28)17-7-5-6-8-18(17)22-23-26/h5-10,13H,3-4,11-12,14H2,1-2H3. The number of hydrogen-bond donors (Lipinski definition) is 0. The van der Waals surface area contributed by atoms with Crippen LogP contribution >= 0.6 is 0 Å². The number of aromatic nitrogens is 3. The summed E-state index contributed by atoms with van der Waals surface area (Å²) in [4.78, 5) is 27.3. The van der Waals surface area contributed by atoms with E-state index in [1.807, 2.05) is 0 Å². The van der Waals surface area contributed by atoms with Gasteiger partial charge >= 0.3 is 0 Å². The molecular weight excluding hydrogens is 418 g/mol. The van der Waals surface area contributed by atoms with Gasteiger partial charge in [-0.1, -0.05) is 31.2 Å². The predicted octanol–water partition coefficient (Wildman–Crippen LogP) is 1.41. The van der Waals surface area contributed by atoms with Crippen molar-refractivity contribution in [3.63, 3.8) is 0 Å². The summed E-state index contributed by atoms with van der Waals surface area (Å²) in [6.07, 6.45) is 0.543. The number of rotatable bonds is 6. The molecule has 31 heavy (non-hydrogen) atoms. The lowest BCUT2D eigenvalue weighted by Crippen LogP contribution is -2.36. The first-order chi connectivity index (χ1) is 14.9. The lowest BCUT2D eigenvalue weighted by molar-refractivity contribution is -0.119. The zero-order valence-electron chi connectivity index (χ0n) is 17.4. The van der Waals surface area contributed by atoms with Crippen LogP contribution in [-0.2, 0) is 27.8 Å². The van der Waals surface area contributed by atoms with Crippen LogP contribution < -0.4 is 10.5 Å². The van der Waals surface area contributed by atoms with Crippen molar-refractivity contribution >= 4 is 32.5 Å². The summed E-state index contributed by atoms with van der Waals surface area (Å²) in [5.74, 6) is -0.301. The van der Waals surface area contributed by atoms with Crippen LogP contribution in [0.15, 0.2) is 52.2 Å². The second-order valence-electron chi connectivity index (χ2n) is 7.24. The molecule has 1 aliphatic rings. The fourth-order valence-corrected chi connectivity index (χ4v) is 5.36. The highest BCUT2D eigenvalue weighted by Crippen LogP contribution is 2.31. The van der Waals surface area contributed by atoms with E-state index in [2.05, 4.69) is 10.3 Å². The quantitative estimate of drug-likeness (QED) is 0.573. The van der Waals surface area contributed by atoms with E-state index >= 15 is 0 Å². The lowest BCUT2D eigenvalue weighted by Gasteiger charge is -2.20. The average molecular weight is 442 g/mol. The summed E-state index contributed by atoms with van der Waals surface area (Å²) >= 11 is 0. The number of fused-ring (bicyclic) bond motifs is 2. The van der Waals surface area contributed by atoms with Crippen molar-refractivity contribution in [3.05, 3.63) is 58.4 Å². The van der Waals surface area contributed by atoms with Crippen LogP contribution in [-0.4, -0.2) is 53.3 Å². The maximum atomic E-state index is 12.9. The predicted molar refractivity (Wildman–Crippen MR) is 116 cm³/mol. The fraction of sp³-hybridized carbons (Fsp3) is 0.333. The van der Waals surface area contributed by atoms with Crippen molar-refractivity contribution in [2.45, 2.75) is 31.7 Å². The van der Waals surface area contributed by atoms with Crippen molar-refractivity contribution in [2.75, 3.05) is 24.5 Å². The van der Waals surface area contributed by atoms with Crippen molar-refractivity contribution in [1.82, 2.24) is 19.3 Å². The van der Waals surface area contributed by atoms with Crippen molar-refractivity contribution in [2.24, 2.45) is 0 Å². The van der Waals surface area contributed by atoms with Gasteiger partial charge in [0.2, 0.25) is 15.9 Å². The number of anilines is 1. The summed E-state index contributed by atoms with van der Waals surface area (Å²) in [6.45, 7) is 4.55. The van der Waals surface area contributed by atoms with Gasteiger partial charge in [0.15, 0.2) is 0 Å². The Balaban J connectivity index is 1.59. The number of amides is 1. The highest BCUT2D eigenvalue weighted by atomic mass is 32.2. The van der Waals surface area contributed by atoms with Crippen molar-refractivity contribution in [3.8, 4) is 0 Å². The molecule has 0 fully saturated rings. The van der Waals surface area contributed by atoms with Gasteiger partial charge in [-0.2, -0.15) is 4.31 Å². The van der Waals surface area contributed by atoms with E-state index in [1.54, 1.807) is 55.1 Å². The summed E-state index contributed by atoms with van der Waals surface area (Å²) in [7, 11) is -3.57. The van der Waals surface area contributed by atoms with E-state index in [-0.39, 0.29) is 22.9 Å². The van der Waals surface area contributed by atoms with Gasteiger partial charge in [-0.25, -0.2) is 13.1 Å². The molecule has 0 saturated carbocycles. The van der Waals surface area contributed by atoms with Crippen molar-refractivity contribution < 1.29 is 13.2 Å². The Bertz CT molecular complexity index is 1310. The molecule has 3 aromatic rings. The maximum absolute atomic E-state index is 12.9. The molecule has 162 valence electrons. The third-order valence-electron chi connectivity index (χ3n) is 5.51. The maximum Gasteiger partial charge on any atom is 0.278 e. The van der Waals surface area contributed by atoms with E-state index in [9.17, 15) is 18.0 Å². The Kier molecular flexibility index (Phi) is 5.59. The zero-order chi connectivity index (χ0) is 22.2. The molecule has 2 heterocycles. The monoisotopic (exact) mass is 441 g/mol. The normalized spacial score (nSPS) is 13.7. The first-order valence-electron chi connectivity index (χ1n) is 10.1. The molecule has 4 rings (SSSR count). The fourth-order valence-electron chi connectivity index (χ4n) is 3.85. The molecule has 0 atom stereocenters. The second kappa shape index (κ2) is 8.20. The molecule has 9 nitrogen and oxygen atoms in total. The van der Waals surface area contributed by atoms with Crippen LogP contribution in [0.4, 0.5) is 5.69 Å². The molecule has 0 spiro atoms. The van der Waals surface area contributed by atoms with Crippen LogP contribution in [0, 0.1) is 0 Å². The Labute approximate surface area is 179 Å². The number of sulfonamides is 1. The Hall–Kier alpha value is -3.11. The van der Waals surface area contributed by atoms with Gasteiger partial charge < -0.3 is 4.90 Å². The van der Waals surface area contributed by atoms with Crippen LogP contribution in [0.2, 0.25) is 0 Å². The number of benzene rings is 2. The highest BCUT2D eigenvalue weighted by Gasteiger charge is 2.29. The van der Waals surface area contributed by atoms with Crippen LogP contribution in [0.25, 0.3) is 10.9 Å². The van der Waals surface area contributed by atoms with Crippen LogP contribution in [0.1, 0.15) is 19.4 Å². The summed E-state index contributed by atoms with van der Waals surface area (Å²) < 4.78 is 28.0. The van der Waals surface area contributed by atoms with Gasteiger partial charge in [-0.3, -0.25) is 9.59 Å². The average Bonchev–Trinajstić information content (AvgIpc) is 3.20. The van der Waals surface area contributed by atoms with E-state index in [0.717, 1.165) is 10.2 Å². The van der Waals surface area contributed by atoms with Gasteiger partial charge in [0.1, 0.15) is 12.1 Å². The first kappa shape index (κ1) is 21.1. The molecule has 0 bridgehead atoms. The topological polar surface area (TPSA) is 105 Å². The minimum atomic E-state index is -3.57. The van der Waals surface area contributed by atoms with E-state index in [0.29, 0.717) is 42.6 Å². The molecule has 0 saturated heterocycles. The van der Waals surface area contributed by atoms with E-state index in [4.69, 9.17) is 0 Å². The Morgan fingerprint density at radius 1 is 1.13 bits per heavy atom. The largest absolute Gasteiger partial charge is 0.310 e. The number of carbonyl (C=O) groups excluding carboxylic acids is 1. The Morgan fingerprint density at radius 2 is 1.87 bits per heavy atom. The highest BCUT2D eigenvalue weighted by molar-refractivity contribution is 7.89. The van der Waals surface area contributed by atoms with Gasteiger partial charge in [0.05, 0.1) is 10.3 Å². The van der Waals surface area contributed by atoms with Gasteiger partial charge in [-0.05, 0) is 42.3 Å². The molecule has 1 amide bonds. The first-order valence-corrected chi connectivity index (χ1v) is 11.6. The van der Waals surface area contributed by atoms with Gasteiger partial charge in [0.25, 0.3) is 5.56 Å². The second-order valence-corrected chi connectivity index (χ2v) is 9.18. The third-order valence-corrected chi connectivity index (χ3v) is 7.55. The minimum Gasteiger partial charge on any atom is -0.310 e. The van der Waals surface area contributed by atoms with Gasteiger partial charge in [-0.15, -0.1) is 5.10 Å². The molecule has 10 heteroatoms. The van der Waals surface area contributed by atoms with Crippen LogP contribution in [0.5, 0.6) is 0 Å². The smallest absolute Gasteiger partial charge is 0.278 e. The molecule has 2 aromatic carbocycles. The molecular formula is C21H23N5O4S. The molecule has 0 aliphatic carbocycles. The molecule has 0 radical (unpaired) electrons. The summed E-state index contributed by atoms with van der Waals surface area (Å²) in [5, 5.41) is 8.29. The molecule has 1 aromatic heterocycles. The van der Waals surface area contributed by atoms with E-state index < -0.39 is 10.0 Å². The van der Waals surface area contributed by atoms with Crippen LogP contribution in [0.3, 0.4) is 0 Å². The number of nitrogens with zero attached hydrogens (tertiary/aromatic N) is 5. The molecule has 1 aliphatic heterocycles. The third kappa shape index (κ3) is 3.72. The molecule has 0 N–H and O–H groups in total. The zero-order valence-corrected chi connectivity index (χ0v) is 18.2. The Morgan fingerprint density at radius 3 is 2.61 bits per heavy atom. The van der Waals surface area contributed by atoms with E-state index in [1.165, 1.54) is 10.4 Å². The summed E-state index contributed by atoms with van der Waals surface area (Å²) in [5.41, 5.74) is 1.55. The minimum absolute atomic E-state index is 0.223. The SMILES string of the molecule is CCN(CC)S(=O)(=O)c1ccc2c(c1)CCN2C(=O)Cn1nnc2ccccc2c1=O. The van der Waals surface area contributed by atoms with Gasteiger partial charge in [0, 0.05) is 25.3 Å². The van der Waals surface area contributed by atoms with Crippen molar-refractivity contribution in [1.29, 1.82) is 0 Å². The molecule has 0 unspecified atom stereocenters. The summed E-state index contributed by atoms with van der Waals surface area (Å²) in [6, 6.07) is 11.7. The number of hydrogen-bond acceptors (Lipinski definition) is 6. The number of carbonyl (C=O) groups is 1. The lowest BCUT2D eigenvalue weighted by atomic mass is 10.2.